The molecule has 13 rings (SSSR count). The normalized spacial score (nSPS) is 21.0. The van der Waals surface area contributed by atoms with Crippen LogP contribution in [0.2, 0.25) is 0 Å². The first-order chi connectivity index (χ1) is 29.7. The molecule has 3 unspecified atom stereocenters. The Morgan fingerprint density at radius 1 is 0.633 bits per heavy atom. The zero-order valence-corrected chi connectivity index (χ0v) is 33.0. The Hall–Kier alpha value is -7.01. The fourth-order valence-electron chi connectivity index (χ4n) is 11.1. The van der Waals surface area contributed by atoms with E-state index in [1.165, 1.54) is 88.7 Å². The minimum absolute atomic E-state index is 0.0801. The number of para-hydroxylation sites is 1. The van der Waals surface area contributed by atoms with Crippen LogP contribution in [0.1, 0.15) is 47.7 Å². The number of ether oxygens (including phenoxy) is 1. The van der Waals surface area contributed by atoms with Gasteiger partial charge in [-0.1, -0.05) is 170 Å². The molecule has 4 heteroatoms. The summed E-state index contributed by atoms with van der Waals surface area (Å²) in [6.45, 7) is 0. The number of nitrogens with zero attached hydrogens (tertiary/aromatic N) is 1. The number of amidine groups is 1. The highest BCUT2D eigenvalue weighted by Crippen LogP contribution is 2.61. The Morgan fingerprint density at radius 3 is 2.10 bits per heavy atom. The highest BCUT2D eigenvalue weighted by Gasteiger charge is 2.52. The lowest BCUT2D eigenvalue weighted by molar-refractivity contribution is 0.290. The molecule has 60 heavy (non-hydrogen) atoms. The van der Waals surface area contributed by atoms with Gasteiger partial charge in [0.15, 0.2) is 0 Å². The minimum Gasteiger partial charge on any atom is -0.461 e. The van der Waals surface area contributed by atoms with Crippen LogP contribution < -0.4 is 15.4 Å². The molecule has 2 heterocycles. The molecule has 7 aromatic carbocycles. The maximum atomic E-state index is 6.96. The summed E-state index contributed by atoms with van der Waals surface area (Å²) in [5.41, 5.74) is 17.4. The molecule has 2 aliphatic heterocycles. The average molecular weight is 772 g/mol. The van der Waals surface area contributed by atoms with E-state index in [-0.39, 0.29) is 18.2 Å². The van der Waals surface area contributed by atoms with Crippen molar-refractivity contribution in [1.29, 1.82) is 0 Å². The second-order valence-electron chi connectivity index (χ2n) is 16.9. The van der Waals surface area contributed by atoms with Crippen LogP contribution in [0.25, 0.3) is 55.3 Å². The zero-order chi connectivity index (χ0) is 39.4. The Labute approximate surface area is 350 Å². The maximum absolute atomic E-state index is 6.96. The van der Waals surface area contributed by atoms with Gasteiger partial charge in [-0.2, -0.15) is 0 Å². The van der Waals surface area contributed by atoms with Crippen molar-refractivity contribution in [3.05, 3.63) is 221 Å². The Kier molecular flexibility index (Phi) is 7.34. The van der Waals surface area contributed by atoms with Crippen molar-refractivity contribution >= 4 is 16.6 Å². The van der Waals surface area contributed by atoms with Crippen molar-refractivity contribution in [2.45, 2.75) is 37.0 Å². The summed E-state index contributed by atoms with van der Waals surface area (Å²) in [4.78, 5) is 5.44. The third-order valence-corrected chi connectivity index (χ3v) is 13.8. The average Bonchev–Trinajstić information content (AvgIpc) is 3.80. The molecule has 3 atom stereocenters. The number of rotatable bonds is 4. The van der Waals surface area contributed by atoms with Crippen molar-refractivity contribution in [1.82, 2.24) is 10.6 Å². The highest BCUT2D eigenvalue weighted by molar-refractivity contribution is 6.15. The van der Waals surface area contributed by atoms with Gasteiger partial charge >= 0.3 is 0 Å². The van der Waals surface area contributed by atoms with E-state index in [1.807, 2.05) is 0 Å². The second kappa shape index (κ2) is 13.0. The van der Waals surface area contributed by atoms with Gasteiger partial charge in [0.1, 0.15) is 29.7 Å². The van der Waals surface area contributed by atoms with E-state index in [4.69, 9.17) is 9.73 Å². The maximum Gasteiger partial charge on any atom is 0.131 e. The first-order valence-corrected chi connectivity index (χ1v) is 21.3. The van der Waals surface area contributed by atoms with Crippen LogP contribution >= 0.6 is 0 Å². The van der Waals surface area contributed by atoms with Gasteiger partial charge in [-0.3, -0.25) is 5.32 Å². The zero-order valence-electron chi connectivity index (χ0n) is 33.0. The lowest BCUT2D eigenvalue weighted by Crippen LogP contribution is -2.51. The predicted molar refractivity (Wildman–Crippen MR) is 244 cm³/mol. The highest BCUT2D eigenvalue weighted by atomic mass is 16.5. The Morgan fingerprint density at radius 2 is 1.33 bits per heavy atom. The summed E-state index contributed by atoms with van der Waals surface area (Å²) in [6.07, 6.45) is 13.8. The molecule has 0 amide bonds. The van der Waals surface area contributed by atoms with Crippen molar-refractivity contribution in [3.63, 3.8) is 0 Å². The molecule has 1 spiro atoms. The molecule has 0 radical (unpaired) electrons. The summed E-state index contributed by atoms with van der Waals surface area (Å²) in [6, 6.07) is 55.9. The van der Waals surface area contributed by atoms with Gasteiger partial charge in [-0.15, -0.1) is 0 Å². The summed E-state index contributed by atoms with van der Waals surface area (Å²) in [7, 11) is 0. The third kappa shape index (κ3) is 4.86. The summed E-state index contributed by atoms with van der Waals surface area (Å²) in [5.74, 6) is 3.01. The minimum atomic E-state index is -0.450. The fourth-order valence-corrected chi connectivity index (χ4v) is 11.1. The Balaban J connectivity index is 0.845. The van der Waals surface area contributed by atoms with E-state index in [0.29, 0.717) is 0 Å². The molecule has 0 fully saturated rings. The van der Waals surface area contributed by atoms with Crippen LogP contribution in [0.4, 0.5) is 0 Å². The molecule has 7 aromatic rings. The van der Waals surface area contributed by atoms with Gasteiger partial charge in [0.25, 0.3) is 0 Å². The van der Waals surface area contributed by atoms with Crippen LogP contribution in [0.5, 0.6) is 5.75 Å². The Bertz CT molecular complexity index is 3070. The van der Waals surface area contributed by atoms with Gasteiger partial charge in [0.2, 0.25) is 0 Å². The number of hydrogen-bond acceptors (Lipinski definition) is 4. The second-order valence-corrected chi connectivity index (χ2v) is 16.9. The molecule has 0 saturated heterocycles. The standard InChI is InChI=1S/C56H41N3O/c1-2-12-36(13-3-1)53-57-54(37-26-24-34(25-27-37)38-28-30-40-43-18-10-14-35-15-11-19-44(52(35)43)45(40)32-38)59-55(58-53)39-29-31-49-51(33-39)60-50-23-9-8-22-48(50)56(49)46-20-6-4-16-41(46)42-17-5-7-21-47(42)56/h1-2,4-12,14-32,39,54-55,59H,3,13,33H2,(H,57,58). The molecule has 0 saturated carbocycles. The van der Waals surface area contributed by atoms with E-state index < -0.39 is 5.41 Å². The molecule has 286 valence electrons. The van der Waals surface area contributed by atoms with E-state index in [2.05, 4.69) is 193 Å². The quantitative estimate of drug-likeness (QED) is 0.187. The lowest BCUT2D eigenvalue weighted by atomic mass is 9.64. The van der Waals surface area contributed by atoms with Crippen LogP contribution in [-0.2, 0) is 5.41 Å². The molecule has 6 aliphatic rings. The van der Waals surface area contributed by atoms with E-state index in [9.17, 15) is 0 Å². The van der Waals surface area contributed by atoms with Crippen molar-refractivity contribution in [2.24, 2.45) is 10.9 Å². The van der Waals surface area contributed by atoms with E-state index in [1.54, 1.807) is 0 Å². The summed E-state index contributed by atoms with van der Waals surface area (Å²) >= 11 is 0. The summed E-state index contributed by atoms with van der Waals surface area (Å²) < 4.78 is 6.96. The first kappa shape index (κ1) is 33.9. The number of hydrogen-bond donors (Lipinski definition) is 2. The molecular weight excluding hydrogens is 731 g/mol. The van der Waals surface area contributed by atoms with E-state index >= 15 is 0 Å². The van der Waals surface area contributed by atoms with Crippen molar-refractivity contribution in [2.75, 3.05) is 0 Å². The molecule has 4 nitrogen and oxygen atoms in total. The van der Waals surface area contributed by atoms with Gasteiger partial charge in [-0.25, -0.2) is 4.99 Å². The third-order valence-electron chi connectivity index (χ3n) is 13.8. The smallest absolute Gasteiger partial charge is 0.131 e. The van der Waals surface area contributed by atoms with Gasteiger partial charge in [0.05, 0.1) is 5.41 Å². The van der Waals surface area contributed by atoms with Gasteiger partial charge in [-0.05, 0) is 103 Å². The molecule has 0 aromatic heterocycles. The lowest BCUT2D eigenvalue weighted by Gasteiger charge is -2.43. The molecule has 2 N–H and O–H groups in total. The summed E-state index contributed by atoms with van der Waals surface area (Å²) in [5, 5.41) is 10.4. The first-order valence-electron chi connectivity index (χ1n) is 21.3. The van der Waals surface area contributed by atoms with Crippen LogP contribution in [0.3, 0.4) is 0 Å². The van der Waals surface area contributed by atoms with Crippen molar-refractivity contribution in [3.8, 4) is 50.3 Å². The number of aliphatic imine (C=N–C) groups is 1. The van der Waals surface area contributed by atoms with Gasteiger partial charge in [0, 0.05) is 23.5 Å². The van der Waals surface area contributed by atoms with Crippen molar-refractivity contribution < 1.29 is 4.74 Å². The van der Waals surface area contributed by atoms with Gasteiger partial charge < -0.3 is 10.1 Å². The number of benzene rings is 7. The van der Waals surface area contributed by atoms with Crippen LogP contribution in [0, 0.1) is 5.92 Å². The number of nitrogens with one attached hydrogen (secondary N) is 2. The number of fused-ring (bicyclic) bond motifs is 11. The SMILES string of the molecule is C1=CCCC(C2=NC(C3C=CC4=C(C3)Oc3ccccc3C43c4ccccc4-c4ccccc43)NC(c3ccc(-c4ccc5c(c4)-c4cccc6cccc-5c46)cc3)N2)=C1. The number of allylic oxidation sites excluding steroid dienone is 6. The predicted octanol–water partition coefficient (Wildman–Crippen LogP) is 12.6. The van der Waals surface area contributed by atoms with E-state index in [0.717, 1.165) is 36.6 Å². The molecule has 0 bridgehead atoms. The van der Waals surface area contributed by atoms with Crippen LogP contribution in [-0.4, -0.2) is 12.0 Å². The largest absolute Gasteiger partial charge is 0.461 e. The molecule has 4 aliphatic carbocycles. The molecular formula is C56H41N3O. The van der Waals surface area contributed by atoms with Crippen LogP contribution in [0.15, 0.2) is 204 Å². The monoisotopic (exact) mass is 771 g/mol. The topological polar surface area (TPSA) is 45.6 Å². The fraction of sp³-hybridized carbons (Fsp3) is 0.125.